The number of rotatable bonds is 2. The summed E-state index contributed by atoms with van der Waals surface area (Å²) in [5.74, 6) is 7.92. The van der Waals surface area contributed by atoms with Gasteiger partial charge in [0.15, 0.2) is 0 Å². The van der Waals surface area contributed by atoms with Gasteiger partial charge >= 0.3 is 0 Å². The average Bonchev–Trinajstić information content (AvgIpc) is 2.55. The highest BCUT2D eigenvalue weighted by Crippen LogP contribution is 2.21. The zero-order valence-electron chi connectivity index (χ0n) is 11.5. The van der Waals surface area contributed by atoms with E-state index in [1.54, 1.807) is 0 Å². The van der Waals surface area contributed by atoms with Gasteiger partial charge < -0.3 is 4.74 Å². The summed E-state index contributed by atoms with van der Waals surface area (Å²) in [5.41, 5.74) is 1.94. The Morgan fingerprint density at radius 3 is 1.86 bits per heavy atom. The van der Waals surface area contributed by atoms with Crippen LogP contribution in [0, 0.1) is 11.8 Å². The first kappa shape index (κ1) is 13.0. The minimum atomic E-state index is 0.793. The van der Waals surface area contributed by atoms with Crippen LogP contribution in [0.15, 0.2) is 84.9 Å². The third-order valence-corrected chi connectivity index (χ3v) is 2.94. The molecular formula is C20H14O. The minimum Gasteiger partial charge on any atom is -0.457 e. The van der Waals surface area contributed by atoms with Gasteiger partial charge in [0.25, 0.3) is 0 Å². The fraction of sp³-hybridized carbons (Fsp3) is 0. The lowest BCUT2D eigenvalue weighted by Crippen LogP contribution is -1.84. The van der Waals surface area contributed by atoms with Crippen molar-refractivity contribution in [1.82, 2.24) is 0 Å². The summed E-state index contributed by atoms with van der Waals surface area (Å²) in [5, 5.41) is 0. The molecule has 0 amide bonds. The largest absolute Gasteiger partial charge is 0.457 e. The molecule has 0 aliphatic carbocycles. The summed E-state index contributed by atoms with van der Waals surface area (Å²) in [7, 11) is 0. The normalized spacial score (nSPS) is 9.52. The molecule has 0 saturated carbocycles. The van der Waals surface area contributed by atoms with E-state index in [0.717, 1.165) is 22.6 Å². The third-order valence-electron chi connectivity index (χ3n) is 2.94. The van der Waals surface area contributed by atoms with Crippen molar-refractivity contribution < 1.29 is 4.74 Å². The summed E-state index contributed by atoms with van der Waals surface area (Å²) < 4.78 is 5.80. The van der Waals surface area contributed by atoms with E-state index in [9.17, 15) is 0 Å². The van der Waals surface area contributed by atoms with E-state index in [0.29, 0.717) is 0 Å². The van der Waals surface area contributed by atoms with Crippen LogP contribution in [0.2, 0.25) is 0 Å². The van der Waals surface area contributed by atoms with Crippen molar-refractivity contribution in [1.29, 1.82) is 0 Å². The molecule has 0 aromatic heterocycles. The monoisotopic (exact) mass is 270 g/mol. The molecule has 0 atom stereocenters. The Hall–Kier alpha value is -2.98. The smallest absolute Gasteiger partial charge is 0.128 e. The first-order valence-corrected chi connectivity index (χ1v) is 6.80. The molecule has 0 N–H and O–H groups in total. The van der Waals surface area contributed by atoms with Gasteiger partial charge in [-0.2, -0.15) is 0 Å². The first-order chi connectivity index (χ1) is 10.4. The van der Waals surface area contributed by atoms with Crippen LogP contribution in [0.25, 0.3) is 0 Å². The Morgan fingerprint density at radius 2 is 1.10 bits per heavy atom. The van der Waals surface area contributed by atoms with E-state index in [1.165, 1.54) is 0 Å². The number of para-hydroxylation sites is 1. The van der Waals surface area contributed by atoms with Crippen molar-refractivity contribution in [3.63, 3.8) is 0 Å². The van der Waals surface area contributed by atoms with Crippen molar-refractivity contribution in [2.24, 2.45) is 0 Å². The molecule has 0 aliphatic rings. The fourth-order valence-corrected chi connectivity index (χ4v) is 1.93. The van der Waals surface area contributed by atoms with Gasteiger partial charge in [0.05, 0.1) is 0 Å². The summed E-state index contributed by atoms with van der Waals surface area (Å²) >= 11 is 0. The molecule has 21 heavy (non-hydrogen) atoms. The van der Waals surface area contributed by atoms with Gasteiger partial charge in [0, 0.05) is 11.1 Å². The van der Waals surface area contributed by atoms with Crippen LogP contribution < -0.4 is 4.74 Å². The molecule has 3 aromatic carbocycles. The maximum absolute atomic E-state index is 5.80. The molecule has 0 fully saturated rings. The number of ether oxygens (including phenoxy) is 1. The maximum atomic E-state index is 5.80. The standard InChI is InChI=1S/C20H14O/c1-3-8-17(9-4-1)14-15-18-10-7-13-20(16-18)21-19-11-5-2-6-12-19/h1-13,16H. The maximum Gasteiger partial charge on any atom is 0.128 e. The van der Waals surface area contributed by atoms with E-state index in [2.05, 4.69) is 11.8 Å². The van der Waals surface area contributed by atoms with E-state index in [-0.39, 0.29) is 0 Å². The van der Waals surface area contributed by atoms with Crippen LogP contribution in [-0.4, -0.2) is 0 Å². The number of hydrogen-bond donors (Lipinski definition) is 0. The Bertz CT molecular complexity index is 765. The second-order valence-electron chi connectivity index (χ2n) is 4.56. The van der Waals surface area contributed by atoms with E-state index < -0.39 is 0 Å². The van der Waals surface area contributed by atoms with Crippen molar-refractivity contribution in [2.75, 3.05) is 0 Å². The lowest BCUT2D eigenvalue weighted by atomic mass is 10.2. The average molecular weight is 270 g/mol. The summed E-state index contributed by atoms with van der Waals surface area (Å²) in [4.78, 5) is 0. The highest BCUT2D eigenvalue weighted by atomic mass is 16.5. The molecule has 0 heterocycles. The van der Waals surface area contributed by atoms with Crippen LogP contribution in [0.3, 0.4) is 0 Å². The topological polar surface area (TPSA) is 9.23 Å². The van der Waals surface area contributed by atoms with E-state index in [4.69, 9.17) is 4.74 Å². The van der Waals surface area contributed by atoms with Gasteiger partial charge in [-0.15, -0.1) is 0 Å². The molecule has 100 valence electrons. The van der Waals surface area contributed by atoms with Gasteiger partial charge in [0.1, 0.15) is 11.5 Å². The fourth-order valence-electron chi connectivity index (χ4n) is 1.93. The molecule has 0 aliphatic heterocycles. The highest BCUT2D eigenvalue weighted by Gasteiger charge is 1.97. The van der Waals surface area contributed by atoms with Gasteiger partial charge in [-0.3, -0.25) is 0 Å². The van der Waals surface area contributed by atoms with Crippen molar-refractivity contribution in [2.45, 2.75) is 0 Å². The number of hydrogen-bond acceptors (Lipinski definition) is 1. The Morgan fingerprint density at radius 1 is 0.524 bits per heavy atom. The predicted molar refractivity (Wildman–Crippen MR) is 85.4 cm³/mol. The molecule has 3 aromatic rings. The molecule has 0 radical (unpaired) electrons. The molecule has 0 bridgehead atoms. The second kappa shape index (κ2) is 6.45. The Kier molecular flexibility index (Phi) is 4.00. The molecule has 0 spiro atoms. The second-order valence-corrected chi connectivity index (χ2v) is 4.56. The highest BCUT2D eigenvalue weighted by molar-refractivity contribution is 5.45. The van der Waals surface area contributed by atoms with E-state index >= 15 is 0 Å². The molecule has 3 rings (SSSR count). The molecule has 0 saturated heterocycles. The quantitative estimate of drug-likeness (QED) is 0.603. The number of benzene rings is 3. The summed E-state index contributed by atoms with van der Waals surface area (Å²) in [6.07, 6.45) is 0. The van der Waals surface area contributed by atoms with Gasteiger partial charge in [-0.05, 0) is 42.5 Å². The van der Waals surface area contributed by atoms with Gasteiger partial charge in [-0.25, -0.2) is 0 Å². The molecular weight excluding hydrogens is 256 g/mol. The van der Waals surface area contributed by atoms with Crippen LogP contribution in [0.4, 0.5) is 0 Å². The van der Waals surface area contributed by atoms with Crippen molar-refractivity contribution in [3.05, 3.63) is 96.1 Å². The zero-order valence-corrected chi connectivity index (χ0v) is 11.5. The molecule has 1 heteroatoms. The summed E-state index contributed by atoms with van der Waals surface area (Å²) in [6.45, 7) is 0. The summed E-state index contributed by atoms with van der Waals surface area (Å²) in [6, 6.07) is 27.5. The van der Waals surface area contributed by atoms with Crippen molar-refractivity contribution >= 4 is 0 Å². The Labute approximate surface area is 124 Å². The Balaban J connectivity index is 1.79. The van der Waals surface area contributed by atoms with Crippen LogP contribution in [0.1, 0.15) is 11.1 Å². The lowest BCUT2D eigenvalue weighted by Gasteiger charge is -2.05. The lowest BCUT2D eigenvalue weighted by molar-refractivity contribution is 0.482. The zero-order chi connectivity index (χ0) is 14.3. The van der Waals surface area contributed by atoms with E-state index in [1.807, 2.05) is 84.9 Å². The van der Waals surface area contributed by atoms with Crippen LogP contribution in [-0.2, 0) is 0 Å². The first-order valence-electron chi connectivity index (χ1n) is 6.80. The van der Waals surface area contributed by atoms with Crippen LogP contribution in [0.5, 0.6) is 11.5 Å². The molecule has 0 unspecified atom stereocenters. The predicted octanol–water partition coefficient (Wildman–Crippen LogP) is 4.88. The van der Waals surface area contributed by atoms with Gasteiger partial charge in [0.2, 0.25) is 0 Å². The van der Waals surface area contributed by atoms with Gasteiger partial charge in [-0.1, -0.05) is 54.3 Å². The minimum absolute atomic E-state index is 0.793. The van der Waals surface area contributed by atoms with Crippen LogP contribution >= 0.6 is 0 Å². The third kappa shape index (κ3) is 3.75. The van der Waals surface area contributed by atoms with Crippen molar-refractivity contribution in [3.8, 4) is 23.3 Å². The molecule has 1 nitrogen and oxygen atoms in total. The SMILES string of the molecule is C(#Cc1cccc(Oc2ccccc2)c1)c1ccccc1.